The van der Waals surface area contributed by atoms with Gasteiger partial charge in [-0.05, 0) is 31.5 Å². The lowest BCUT2D eigenvalue weighted by molar-refractivity contribution is -0.127. The predicted octanol–water partition coefficient (Wildman–Crippen LogP) is 2.27. The second-order valence-corrected chi connectivity index (χ2v) is 6.21. The van der Waals surface area contributed by atoms with Crippen LogP contribution in [0.2, 0.25) is 0 Å². The summed E-state index contributed by atoms with van der Waals surface area (Å²) in [4.78, 5) is 31.1. The number of hydrogen-bond acceptors (Lipinski definition) is 3. The van der Waals surface area contributed by atoms with Gasteiger partial charge < -0.3 is 15.5 Å². The lowest BCUT2D eigenvalue weighted by Gasteiger charge is -2.35. The fraction of sp³-hybridized carbons (Fsp3) is 0.316. The molecule has 25 heavy (non-hydrogen) atoms. The highest BCUT2D eigenvalue weighted by molar-refractivity contribution is 5.95. The average Bonchev–Trinajstić information content (AvgIpc) is 2.60. The molecule has 1 atom stereocenters. The largest absolute Gasteiger partial charge is 0.353 e. The highest BCUT2D eigenvalue weighted by Crippen LogP contribution is 2.17. The quantitative estimate of drug-likeness (QED) is 0.901. The molecule has 1 aromatic heterocycles. The molecule has 1 aromatic carbocycles. The molecule has 130 valence electrons. The Balaban J connectivity index is 1.77. The van der Waals surface area contributed by atoms with E-state index in [-0.39, 0.29) is 11.9 Å². The standard InChI is InChI=1S/C19H22N4O2/c1-13-8-9-16(14(2)21-13)22-19(25)23-11-10-20-18(24)17(23)12-15-6-4-3-5-7-15/h3-9,17H,10-12H2,1-2H3,(H,20,24)(H,22,25)/t17-/m1/s1. The smallest absolute Gasteiger partial charge is 0.322 e. The van der Waals surface area contributed by atoms with Crippen LogP contribution in [0.3, 0.4) is 0 Å². The summed E-state index contributed by atoms with van der Waals surface area (Å²) in [5.74, 6) is -0.121. The zero-order valence-corrected chi connectivity index (χ0v) is 14.5. The molecule has 0 spiro atoms. The minimum absolute atomic E-state index is 0.121. The summed E-state index contributed by atoms with van der Waals surface area (Å²) in [5.41, 5.74) is 3.35. The zero-order valence-electron chi connectivity index (χ0n) is 14.5. The fourth-order valence-electron chi connectivity index (χ4n) is 3.00. The van der Waals surface area contributed by atoms with Gasteiger partial charge in [0.15, 0.2) is 0 Å². The number of aryl methyl sites for hydroxylation is 2. The van der Waals surface area contributed by atoms with Crippen LogP contribution in [0.4, 0.5) is 10.5 Å². The summed E-state index contributed by atoms with van der Waals surface area (Å²) >= 11 is 0. The highest BCUT2D eigenvalue weighted by Gasteiger charge is 2.33. The van der Waals surface area contributed by atoms with Crippen molar-refractivity contribution in [2.45, 2.75) is 26.3 Å². The number of hydrogen-bond donors (Lipinski definition) is 2. The normalized spacial score (nSPS) is 17.1. The molecular weight excluding hydrogens is 316 g/mol. The first-order valence-corrected chi connectivity index (χ1v) is 8.38. The van der Waals surface area contributed by atoms with E-state index in [4.69, 9.17) is 0 Å². The molecule has 0 unspecified atom stereocenters. The summed E-state index contributed by atoms with van der Waals surface area (Å²) in [6.45, 7) is 4.70. The minimum Gasteiger partial charge on any atom is -0.353 e. The third-order valence-corrected chi connectivity index (χ3v) is 4.33. The van der Waals surface area contributed by atoms with Gasteiger partial charge in [0.2, 0.25) is 5.91 Å². The van der Waals surface area contributed by atoms with E-state index in [9.17, 15) is 9.59 Å². The monoisotopic (exact) mass is 338 g/mol. The summed E-state index contributed by atoms with van der Waals surface area (Å²) in [5, 5.41) is 5.73. The number of nitrogens with one attached hydrogen (secondary N) is 2. The third kappa shape index (κ3) is 3.96. The van der Waals surface area contributed by atoms with Gasteiger partial charge in [-0.15, -0.1) is 0 Å². The molecular formula is C19H22N4O2. The van der Waals surface area contributed by atoms with Crippen LogP contribution in [0.1, 0.15) is 17.0 Å². The van der Waals surface area contributed by atoms with E-state index in [0.29, 0.717) is 25.2 Å². The van der Waals surface area contributed by atoms with E-state index in [1.54, 1.807) is 4.90 Å². The first-order valence-electron chi connectivity index (χ1n) is 8.38. The number of benzene rings is 1. The Labute approximate surface area is 147 Å². The van der Waals surface area contributed by atoms with Crippen LogP contribution in [0.15, 0.2) is 42.5 Å². The Bertz CT molecular complexity index is 776. The van der Waals surface area contributed by atoms with Crippen molar-refractivity contribution in [2.75, 3.05) is 18.4 Å². The molecule has 2 aromatic rings. The maximum absolute atomic E-state index is 12.8. The summed E-state index contributed by atoms with van der Waals surface area (Å²) < 4.78 is 0. The van der Waals surface area contributed by atoms with E-state index >= 15 is 0 Å². The van der Waals surface area contributed by atoms with Crippen molar-refractivity contribution in [3.63, 3.8) is 0 Å². The van der Waals surface area contributed by atoms with Crippen molar-refractivity contribution < 1.29 is 9.59 Å². The van der Waals surface area contributed by atoms with Gasteiger partial charge in [-0.1, -0.05) is 30.3 Å². The molecule has 2 heterocycles. The van der Waals surface area contributed by atoms with Crippen LogP contribution in [0.25, 0.3) is 0 Å². The van der Waals surface area contributed by atoms with Crippen molar-refractivity contribution >= 4 is 17.6 Å². The zero-order chi connectivity index (χ0) is 17.8. The lowest BCUT2D eigenvalue weighted by atomic mass is 10.0. The third-order valence-electron chi connectivity index (χ3n) is 4.33. The molecule has 3 amide bonds. The number of carbonyl (C=O) groups excluding carboxylic acids is 2. The summed E-state index contributed by atoms with van der Waals surface area (Å²) in [6.07, 6.45) is 0.491. The van der Waals surface area contributed by atoms with E-state index in [0.717, 1.165) is 17.0 Å². The molecule has 1 aliphatic heterocycles. The van der Waals surface area contributed by atoms with Gasteiger partial charge >= 0.3 is 6.03 Å². The number of aromatic nitrogens is 1. The van der Waals surface area contributed by atoms with Crippen LogP contribution in [-0.2, 0) is 11.2 Å². The van der Waals surface area contributed by atoms with Crippen LogP contribution in [-0.4, -0.2) is 41.0 Å². The van der Waals surface area contributed by atoms with Crippen molar-refractivity contribution in [2.24, 2.45) is 0 Å². The molecule has 1 saturated heterocycles. The topological polar surface area (TPSA) is 74.3 Å². The Kier molecular flexibility index (Phi) is 4.97. The number of pyridine rings is 1. The van der Waals surface area contributed by atoms with Gasteiger partial charge in [0, 0.05) is 25.2 Å². The molecule has 3 rings (SSSR count). The lowest BCUT2D eigenvalue weighted by Crippen LogP contribution is -2.59. The molecule has 6 heteroatoms. The second kappa shape index (κ2) is 7.34. The van der Waals surface area contributed by atoms with Crippen molar-refractivity contribution in [3.8, 4) is 0 Å². The number of amides is 3. The van der Waals surface area contributed by atoms with Crippen molar-refractivity contribution in [1.82, 2.24) is 15.2 Å². The Morgan fingerprint density at radius 1 is 1.24 bits per heavy atom. The second-order valence-electron chi connectivity index (χ2n) is 6.21. The average molecular weight is 338 g/mol. The van der Waals surface area contributed by atoms with Crippen molar-refractivity contribution in [1.29, 1.82) is 0 Å². The van der Waals surface area contributed by atoms with E-state index in [2.05, 4.69) is 15.6 Å². The minimum atomic E-state index is -0.519. The molecule has 0 bridgehead atoms. The Morgan fingerprint density at radius 2 is 2.00 bits per heavy atom. The highest BCUT2D eigenvalue weighted by atomic mass is 16.2. The number of carbonyl (C=O) groups is 2. The summed E-state index contributed by atoms with van der Waals surface area (Å²) in [6, 6.07) is 12.6. The van der Waals surface area contributed by atoms with Gasteiger partial charge in [-0.25, -0.2) is 4.79 Å². The Hall–Kier alpha value is -2.89. The molecule has 0 radical (unpaired) electrons. The van der Waals surface area contributed by atoms with Gasteiger partial charge in [-0.3, -0.25) is 9.78 Å². The van der Waals surface area contributed by atoms with E-state index in [1.807, 2.05) is 56.3 Å². The van der Waals surface area contributed by atoms with E-state index in [1.165, 1.54) is 0 Å². The number of piperazine rings is 1. The fourth-order valence-corrected chi connectivity index (χ4v) is 3.00. The van der Waals surface area contributed by atoms with Gasteiger partial charge in [0.1, 0.15) is 6.04 Å². The van der Waals surface area contributed by atoms with Gasteiger partial charge in [0.25, 0.3) is 0 Å². The van der Waals surface area contributed by atoms with Crippen LogP contribution in [0.5, 0.6) is 0 Å². The molecule has 1 aliphatic rings. The van der Waals surface area contributed by atoms with Crippen LogP contribution < -0.4 is 10.6 Å². The van der Waals surface area contributed by atoms with Crippen LogP contribution >= 0.6 is 0 Å². The van der Waals surface area contributed by atoms with E-state index < -0.39 is 6.04 Å². The SMILES string of the molecule is Cc1ccc(NC(=O)N2CCNC(=O)[C@H]2Cc2ccccc2)c(C)n1. The van der Waals surface area contributed by atoms with Crippen LogP contribution in [0, 0.1) is 13.8 Å². The molecule has 1 fully saturated rings. The maximum atomic E-state index is 12.8. The first-order chi connectivity index (χ1) is 12.0. The number of nitrogens with zero attached hydrogens (tertiary/aromatic N) is 2. The molecule has 6 nitrogen and oxygen atoms in total. The first kappa shape index (κ1) is 17.0. The summed E-state index contributed by atoms with van der Waals surface area (Å²) in [7, 11) is 0. The molecule has 2 N–H and O–H groups in total. The van der Waals surface area contributed by atoms with Gasteiger partial charge in [-0.2, -0.15) is 0 Å². The number of urea groups is 1. The molecule has 0 aliphatic carbocycles. The number of rotatable bonds is 3. The predicted molar refractivity (Wildman–Crippen MR) is 96.4 cm³/mol. The maximum Gasteiger partial charge on any atom is 0.322 e. The number of anilines is 1. The van der Waals surface area contributed by atoms with Gasteiger partial charge in [0.05, 0.1) is 11.4 Å². The van der Waals surface area contributed by atoms with Crippen molar-refractivity contribution in [3.05, 3.63) is 59.4 Å². The molecule has 0 saturated carbocycles. The Morgan fingerprint density at radius 3 is 2.72 bits per heavy atom.